The van der Waals surface area contributed by atoms with E-state index in [2.05, 4.69) is 15.5 Å². The number of alkyl halides is 3. The van der Waals surface area contributed by atoms with E-state index in [4.69, 9.17) is 5.73 Å². The number of anilines is 2. The summed E-state index contributed by atoms with van der Waals surface area (Å²) in [6, 6.07) is 3.68. The molecule has 0 aliphatic carbocycles. The van der Waals surface area contributed by atoms with Crippen LogP contribution in [0.15, 0.2) is 23.4 Å². The number of hydrogen-bond donors (Lipinski definition) is 3. The Kier molecular flexibility index (Phi) is 16.6. The van der Waals surface area contributed by atoms with Crippen LogP contribution in [-0.4, -0.2) is 39.1 Å². The van der Waals surface area contributed by atoms with Crippen molar-refractivity contribution in [1.82, 2.24) is 5.32 Å². The van der Waals surface area contributed by atoms with Crippen LogP contribution in [0, 0.1) is 0 Å². The summed E-state index contributed by atoms with van der Waals surface area (Å²) in [5.41, 5.74) is 8.34. The van der Waals surface area contributed by atoms with Crippen molar-refractivity contribution in [2.24, 2.45) is 5.73 Å². The van der Waals surface area contributed by atoms with Gasteiger partial charge in [-0.1, -0.05) is 38.3 Å². The predicted molar refractivity (Wildman–Crippen MR) is 113 cm³/mol. The number of halogens is 3. The van der Waals surface area contributed by atoms with Crippen LogP contribution in [-0.2, 0) is 6.42 Å². The number of thioether (sulfide) groups is 1. The Hall–Kier alpha value is -0.900. The average Bonchev–Trinajstić information content (AvgIpc) is 3.01. The number of likely N-dealkylation sites (N-methyl/N-ethyl adjacent to an activating group) is 1. The molecule has 5 nitrogen and oxygen atoms in total. The van der Waals surface area contributed by atoms with Crippen LogP contribution in [0.2, 0.25) is 0 Å². The van der Waals surface area contributed by atoms with Gasteiger partial charge in [0.05, 0.1) is 10.8 Å². The van der Waals surface area contributed by atoms with Crippen molar-refractivity contribution in [2.45, 2.75) is 39.8 Å². The molecular formula is C19H32F3N4NaOS. The van der Waals surface area contributed by atoms with E-state index in [-0.39, 0.29) is 40.3 Å². The van der Waals surface area contributed by atoms with Crippen LogP contribution >= 0.6 is 11.8 Å². The SMILES string of the molecule is CC.CCCN/C=C(\N)SCC(F)(F)F.CNc1cc2c(cc1[O-])N(C)CC2.[Na+]. The first-order chi connectivity index (χ1) is 13.2. The second-order valence-electron chi connectivity index (χ2n) is 5.80. The van der Waals surface area contributed by atoms with Crippen molar-refractivity contribution >= 4 is 23.1 Å². The molecule has 10 heteroatoms. The maximum atomic E-state index is 11.7. The summed E-state index contributed by atoms with van der Waals surface area (Å²) >= 11 is 0.585. The van der Waals surface area contributed by atoms with E-state index in [0.29, 0.717) is 24.0 Å². The quantitative estimate of drug-likeness (QED) is 0.447. The van der Waals surface area contributed by atoms with Crippen molar-refractivity contribution in [2.75, 3.05) is 43.2 Å². The molecule has 29 heavy (non-hydrogen) atoms. The van der Waals surface area contributed by atoms with Gasteiger partial charge in [0.1, 0.15) is 0 Å². The molecule has 0 atom stereocenters. The van der Waals surface area contributed by atoms with Crippen LogP contribution in [0.3, 0.4) is 0 Å². The standard InChI is InChI=1S/C10H14N2O.C7H13F3N2S.C2H6.Na/c1-11-8-5-7-3-4-12(2)9(7)6-10(8)13;1-2-3-12-4-6(11)13-5-7(8,9)10;1-2;/h5-6,11,13H,3-4H2,1-2H3;4,12H,2-3,5,11H2,1H3;1-2H3;/q;;;+1/p-1/b;6-4+;;. The molecule has 0 radical (unpaired) electrons. The van der Waals surface area contributed by atoms with E-state index in [1.165, 1.54) is 11.8 Å². The van der Waals surface area contributed by atoms with Crippen LogP contribution in [0.1, 0.15) is 32.8 Å². The molecule has 1 aromatic carbocycles. The number of nitrogens with one attached hydrogen (secondary N) is 2. The van der Waals surface area contributed by atoms with Gasteiger partial charge in [-0.15, -0.1) is 0 Å². The van der Waals surface area contributed by atoms with Crippen molar-refractivity contribution in [1.29, 1.82) is 0 Å². The van der Waals surface area contributed by atoms with Gasteiger partial charge >= 0.3 is 35.7 Å². The number of nitrogens with two attached hydrogens (primary N) is 1. The van der Waals surface area contributed by atoms with Crippen molar-refractivity contribution < 1.29 is 47.8 Å². The summed E-state index contributed by atoms with van der Waals surface area (Å²) in [5, 5.41) is 17.3. The summed E-state index contributed by atoms with van der Waals surface area (Å²) in [6.45, 7) is 7.69. The van der Waals surface area contributed by atoms with Crippen LogP contribution in [0.5, 0.6) is 5.75 Å². The van der Waals surface area contributed by atoms with Gasteiger partial charge in [-0.3, -0.25) is 0 Å². The minimum absolute atomic E-state index is 0. The molecule has 0 aromatic heterocycles. The van der Waals surface area contributed by atoms with Crippen LogP contribution in [0.25, 0.3) is 0 Å². The molecule has 162 valence electrons. The predicted octanol–water partition coefficient (Wildman–Crippen LogP) is 0.864. The second kappa shape index (κ2) is 15.9. The minimum Gasteiger partial charge on any atom is -0.871 e. The molecule has 1 aliphatic heterocycles. The molecule has 0 unspecified atom stereocenters. The topological polar surface area (TPSA) is 76.4 Å². The van der Waals surface area contributed by atoms with Gasteiger partial charge in [0.25, 0.3) is 0 Å². The molecule has 0 bridgehead atoms. The van der Waals surface area contributed by atoms with E-state index >= 15 is 0 Å². The van der Waals surface area contributed by atoms with Gasteiger partial charge in [-0.2, -0.15) is 13.2 Å². The summed E-state index contributed by atoms with van der Waals surface area (Å²) < 4.78 is 35.0. The second-order valence-corrected chi connectivity index (χ2v) is 6.85. The molecule has 1 aliphatic rings. The van der Waals surface area contributed by atoms with E-state index in [1.807, 2.05) is 33.9 Å². The molecule has 2 rings (SSSR count). The van der Waals surface area contributed by atoms with Gasteiger partial charge in [0.15, 0.2) is 0 Å². The summed E-state index contributed by atoms with van der Waals surface area (Å²) in [6.07, 6.45) is -0.803. The van der Waals surface area contributed by atoms with E-state index in [0.717, 1.165) is 25.1 Å². The molecule has 0 spiro atoms. The van der Waals surface area contributed by atoms with Gasteiger partial charge in [0.2, 0.25) is 0 Å². The fourth-order valence-corrected chi connectivity index (χ4v) is 2.79. The van der Waals surface area contributed by atoms with Gasteiger partial charge in [-0.25, -0.2) is 0 Å². The van der Waals surface area contributed by atoms with Crippen molar-refractivity contribution in [3.05, 3.63) is 28.9 Å². The Labute approximate surface area is 199 Å². The molecule has 0 saturated carbocycles. The monoisotopic (exact) mass is 444 g/mol. The number of rotatable bonds is 6. The maximum absolute atomic E-state index is 11.7. The normalized spacial score (nSPS) is 12.6. The molecule has 4 N–H and O–H groups in total. The fraction of sp³-hybridized carbons (Fsp3) is 0.579. The summed E-state index contributed by atoms with van der Waals surface area (Å²) in [7, 11) is 3.80. The molecule has 1 aromatic rings. The zero-order chi connectivity index (χ0) is 21.7. The van der Waals surface area contributed by atoms with E-state index < -0.39 is 11.9 Å². The molecule has 0 saturated heterocycles. The zero-order valence-electron chi connectivity index (χ0n) is 18.2. The zero-order valence-corrected chi connectivity index (χ0v) is 21.1. The largest absolute Gasteiger partial charge is 1.00 e. The van der Waals surface area contributed by atoms with Crippen LogP contribution in [0.4, 0.5) is 24.5 Å². The molecule has 0 amide bonds. The Balaban J connectivity index is 0. The molecular weight excluding hydrogens is 412 g/mol. The summed E-state index contributed by atoms with van der Waals surface area (Å²) in [4.78, 5) is 2.12. The number of hydrogen-bond acceptors (Lipinski definition) is 6. The third kappa shape index (κ3) is 12.4. The van der Waals surface area contributed by atoms with Crippen molar-refractivity contribution in [3.8, 4) is 5.75 Å². The van der Waals surface area contributed by atoms with E-state index in [9.17, 15) is 18.3 Å². The summed E-state index contributed by atoms with van der Waals surface area (Å²) in [5.74, 6) is -0.863. The fourth-order valence-electron chi connectivity index (χ4n) is 2.30. The third-order valence-corrected chi connectivity index (χ3v) is 4.54. The number of nitrogens with zero attached hydrogens (tertiary/aromatic N) is 1. The van der Waals surface area contributed by atoms with Gasteiger partial charge in [-0.05, 0) is 30.5 Å². The molecule has 1 heterocycles. The van der Waals surface area contributed by atoms with Crippen molar-refractivity contribution in [3.63, 3.8) is 0 Å². The first kappa shape index (κ1) is 30.3. The Morgan fingerprint density at radius 2 is 1.97 bits per heavy atom. The first-order valence-corrected chi connectivity index (χ1v) is 10.3. The number of fused-ring (bicyclic) bond motifs is 1. The minimum atomic E-state index is -4.16. The Morgan fingerprint density at radius 3 is 2.48 bits per heavy atom. The third-order valence-electron chi connectivity index (χ3n) is 3.62. The number of benzene rings is 1. The Morgan fingerprint density at radius 1 is 1.34 bits per heavy atom. The van der Waals surface area contributed by atoms with Gasteiger partial charge < -0.3 is 26.4 Å². The first-order valence-electron chi connectivity index (χ1n) is 9.29. The van der Waals surface area contributed by atoms with Gasteiger partial charge in [0, 0.05) is 44.8 Å². The maximum Gasteiger partial charge on any atom is 1.00 e. The smallest absolute Gasteiger partial charge is 0.871 e. The average molecular weight is 445 g/mol. The van der Waals surface area contributed by atoms with Crippen LogP contribution < -0.4 is 55.9 Å². The van der Waals surface area contributed by atoms with E-state index in [1.54, 1.807) is 13.1 Å². The Bertz CT molecular complexity index is 616. The molecule has 0 fully saturated rings.